The molecule has 2 saturated heterocycles. The second kappa shape index (κ2) is 8.92. The van der Waals surface area contributed by atoms with E-state index in [0.29, 0.717) is 44.1 Å². The summed E-state index contributed by atoms with van der Waals surface area (Å²) in [6.45, 7) is 3.86. The topological polar surface area (TPSA) is 91.0 Å². The molecule has 0 aromatic heterocycles. The van der Waals surface area contributed by atoms with Gasteiger partial charge in [0, 0.05) is 36.9 Å². The zero-order valence-electron chi connectivity index (χ0n) is 16.6. The highest BCUT2D eigenvalue weighted by Crippen LogP contribution is 2.34. The van der Waals surface area contributed by atoms with Crippen molar-refractivity contribution < 1.29 is 19.1 Å². The van der Waals surface area contributed by atoms with Crippen molar-refractivity contribution in [1.82, 2.24) is 9.80 Å². The molecule has 2 heterocycles. The van der Waals surface area contributed by atoms with Gasteiger partial charge in [-0.05, 0) is 49.9 Å². The Labute approximate surface area is 170 Å². The minimum absolute atomic E-state index is 0.0659. The van der Waals surface area contributed by atoms with E-state index in [1.807, 2.05) is 0 Å². The number of likely N-dealkylation sites (tertiary alicyclic amines) is 1. The number of hydrogen-bond donors (Lipinski definition) is 2. The van der Waals surface area contributed by atoms with Crippen LogP contribution in [-0.2, 0) is 19.1 Å². The summed E-state index contributed by atoms with van der Waals surface area (Å²) >= 11 is 0. The molecule has 1 aromatic rings. The summed E-state index contributed by atoms with van der Waals surface area (Å²) in [6.07, 6.45) is 3.47. The third-order valence-electron chi connectivity index (χ3n) is 5.67. The van der Waals surface area contributed by atoms with Gasteiger partial charge in [-0.3, -0.25) is 19.3 Å². The van der Waals surface area contributed by atoms with E-state index >= 15 is 0 Å². The molecule has 2 N–H and O–H groups in total. The van der Waals surface area contributed by atoms with Crippen molar-refractivity contribution in [2.75, 3.05) is 50.0 Å². The highest BCUT2D eigenvalue weighted by Gasteiger charge is 2.40. The Hall–Kier alpha value is -2.45. The first-order valence-corrected chi connectivity index (χ1v) is 10.4. The molecule has 156 valence electrons. The zero-order chi connectivity index (χ0) is 20.2. The Kier molecular flexibility index (Phi) is 6.10. The molecular formula is C21H28N4O4. The standard InChI is InChI=1S/C21H28N4O4/c26-19(14-24-10-12-29-13-11-24)22-16-5-7-17(8-6-16)23-20(27)18-2-1-9-25(18)21(28)15-3-4-15/h5-8,15,18H,1-4,9-14H2,(H,22,26)(H,23,27). The van der Waals surface area contributed by atoms with Crippen molar-refractivity contribution in [1.29, 1.82) is 0 Å². The molecule has 0 spiro atoms. The minimum Gasteiger partial charge on any atom is -0.379 e. The summed E-state index contributed by atoms with van der Waals surface area (Å²) in [6, 6.07) is 6.70. The number of morpholine rings is 1. The number of nitrogens with zero attached hydrogens (tertiary/aromatic N) is 2. The first-order valence-electron chi connectivity index (χ1n) is 10.4. The number of hydrogen-bond acceptors (Lipinski definition) is 5. The SMILES string of the molecule is O=C(CN1CCOCC1)Nc1ccc(NC(=O)C2CCCN2C(=O)C2CC2)cc1. The Morgan fingerprint density at radius 2 is 1.59 bits per heavy atom. The first kappa shape index (κ1) is 19.8. The van der Waals surface area contributed by atoms with Crippen molar-refractivity contribution in [2.24, 2.45) is 5.92 Å². The number of carbonyl (C=O) groups is 3. The van der Waals surface area contributed by atoms with Crippen LogP contribution in [0.5, 0.6) is 0 Å². The molecule has 3 fully saturated rings. The number of ether oxygens (including phenoxy) is 1. The predicted molar refractivity (Wildman–Crippen MR) is 108 cm³/mol. The van der Waals surface area contributed by atoms with E-state index in [9.17, 15) is 14.4 Å². The highest BCUT2D eigenvalue weighted by atomic mass is 16.5. The van der Waals surface area contributed by atoms with Gasteiger partial charge in [-0.2, -0.15) is 0 Å². The molecule has 3 aliphatic rings. The van der Waals surface area contributed by atoms with Gasteiger partial charge in [-0.1, -0.05) is 0 Å². The molecule has 4 rings (SSSR count). The third kappa shape index (κ3) is 5.13. The average molecular weight is 400 g/mol. The summed E-state index contributed by atoms with van der Waals surface area (Å²) in [5.41, 5.74) is 1.35. The van der Waals surface area contributed by atoms with Crippen molar-refractivity contribution >= 4 is 29.1 Å². The predicted octanol–water partition coefficient (Wildman–Crippen LogP) is 1.30. The van der Waals surface area contributed by atoms with E-state index < -0.39 is 0 Å². The molecule has 1 saturated carbocycles. The van der Waals surface area contributed by atoms with Crippen LogP contribution in [0.15, 0.2) is 24.3 Å². The van der Waals surface area contributed by atoms with Crippen molar-refractivity contribution in [3.63, 3.8) is 0 Å². The summed E-state index contributed by atoms with van der Waals surface area (Å²) < 4.78 is 5.29. The highest BCUT2D eigenvalue weighted by molar-refractivity contribution is 5.98. The normalized spacial score (nSPS) is 22.3. The summed E-state index contributed by atoms with van der Waals surface area (Å²) in [5, 5.41) is 5.79. The van der Waals surface area contributed by atoms with Crippen LogP contribution in [0.1, 0.15) is 25.7 Å². The molecule has 1 atom stereocenters. The van der Waals surface area contributed by atoms with Crippen molar-refractivity contribution in [3.8, 4) is 0 Å². The van der Waals surface area contributed by atoms with Gasteiger partial charge in [-0.15, -0.1) is 0 Å². The van der Waals surface area contributed by atoms with Gasteiger partial charge >= 0.3 is 0 Å². The molecule has 8 nitrogen and oxygen atoms in total. The second-order valence-corrected chi connectivity index (χ2v) is 7.97. The lowest BCUT2D eigenvalue weighted by Gasteiger charge is -2.25. The number of nitrogens with one attached hydrogen (secondary N) is 2. The number of rotatable bonds is 6. The van der Waals surface area contributed by atoms with Crippen LogP contribution in [0.2, 0.25) is 0 Å². The van der Waals surface area contributed by atoms with E-state index in [-0.39, 0.29) is 29.7 Å². The maximum Gasteiger partial charge on any atom is 0.247 e. The van der Waals surface area contributed by atoms with Crippen LogP contribution in [0, 0.1) is 5.92 Å². The lowest BCUT2D eigenvalue weighted by molar-refractivity contribution is -0.137. The van der Waals surface area contributed by atoms with Crippen LogP contribution < -0.4 is 10.6 Å². The van der Waals surface area contributed by atoms with Crippen LogP contribution in [0.25, 0.3) is 0 Å². The molecule has 0 radical (unpaired) electrons. The summed E-state index contributed by atoms with van der Waals surface area (Å²) in [4.78, 5) is 41.0. The van der Waals surface area contributed by atoms with E-state index in [0.717, 1.165) is 32.4 Å². The molecule has 29 heavy (non-hydrogen) atoms. The van der Waals surface area contributed by atoms with E-state index in [2.05, 4.69) is 15.5 Å². The molecule has 1 unspecified atom stereocenters. The zero-order valence-corrected chi connectivity index (χ0v) is 16.6. The maximum absolute atomic E-state index is 12.7. The fourth-order valence-corrected chi connectivity index (χ4v) is 3.89. The van der Waals surface area contributed by atoms with Gasteiger partial charge in [0.25, 0.3) is 0 Å². The molecule has 8 heteroatoms. The minimum atomic E-state index is -0.379. The number of carbonyl (C=O) groups excluding carboxylic acids is 3. The number of amides is 3. The smallest absolute Gasteiger partial charge is 0.247 e. The van der Waals surface area contributed by atoms with Gasteiger partial charge < -0.3 is 20.3 Å². The summed E-state index contributed by atoms with van der Waals surface area (Å²) in [7, 11) is 0. The van der Waals surface area contributed by atoms with Crippen LogP contribution in [0.4, 0.5) is 11.4 Å². The first-order chi connectivity index (χ1) is 14.1. The number of anilines is 2. The maximum atomic E-state index is 12.7. The quantitative estimate of drug-likeness (QED) is 0.751. The average Bonchev–Trinajstić information content (AvgIpc) is 3.45. The van der Waals surface area contributed by atoms with Gasteiger partial charge in [0.2, 0.25) is 17.7 Å². The molecule has 3 amide bonds. The van der Waals surface area contributed by atoms with E-state index in [4.69, 9.17) is 4.74 Å². The Bertz CT molecular complexity index is 756. The Balaban J connectivity index is 1.28. The van der Waals surface area contributed by atoms with Gasteiger partial charge in [0.15, 0.2) is 0 Å². The molecule has 2 aliphatic heterocycles. The Morgan fingerprint density at radius 1 is 0.931 bits per heavy atom. The molecular weight excluding hydrogens is 372 g/mol. The summed E-state index contributed by atoms with van der Waals surface area (Å²) in [5.74, 6) is 0.0502. The lowest BCUT2D eigenvalue weighted by atomic mass is 10.2. The fraction of sp³-hybridized carbons (Fsp3) is 0.571. The van der Waals surface area contributed by atoms with Crippen LogP contribution in [-0.4, -0.2) is 73.0 Å². The lowest BCUT2D eigenvalue weighted by Crippen LogP contribution is -2.43. The van der Waals surface area contributed by atoms with Gasteiger partial charge in [0.05, 0.1) is 19.8 Å². The second-order valence-electron chi connectivity index (χ2n) is 7.97. The van der Waals surface area contributed by atoms with Gasteiger partial charge in [0.1, 0.15) is 6.04 Å². The van der Waals surface area contributed by atoms with E-state index in [1.165, 1.54) is 0 Å². The van der Waals surface area contributed by atoms with Crippen LogP contribution in [0.3, 0.4) is 0 Å². The van der Waals surface area contributed by atoms with Crippen molar-refractivity contribution in [3.05, 3.63) is 24.3 Å². The molecule has 1 aliphatic carbocycles. The molecule has 0 bridgehead atoms. The van der Waals surface area contributed by atoms with Crippen LogP contribution >= 0.6 is 0 Å². The van der Waals surface area contributed by atoms with E-state index in [1.54, 1.807) is 29.2 Å². The number of benzene rings is 1. The van der Waals surface area contributed by atoms with Crippen molar-refractivity contribution in [2.45, 2.75) is 31.7 Å². The largest absolute Gasteiger partial charge is 0.379 e. The monoisotopic (exact) mass is 400 g/mol. The molecule has 1 aromatic carbocycles. The fourth-order valence-electron chi connectivity index (χ4n) is 3.89. The Morgan fingerprint density at radius 3 is 2.24 bits per heavy atom. The van der Waals surface area contributed by atoms with Gasteiger partial charge in [-0.25, -0.2) is 0 Å². The third-order valence-corrected chi connectivity index (χ3v) is 5.67.